The van der Waals surface area contributed by atoms with Crippen LogP contribution in [0.15, 0.2) is 0 Å². The average Bonchev–Trinajstić information content (AvgIpc) is 2.75. The Labute approximate surface area is 133 Å². The van der Waals surface area contributed by atoms with E-state index in [9.17, 15) is 9.59 Å². The van der Waals surface area contributed by atoms with Crippen molar-refractivity contribution in [2.24, 2.45) is 0 Å². The van der Waals surface area contributed by atoms with Crippen LogP contribution >= 0.6 is 11.8 Å². The monoisotopic (exact) mass is 314 g/mol. The summed E-state index contributed by atoms with van der Waals surface area (Å²) < 4.78 is 0. The Kier molecular flexibility index (Phi) is 9.00. The molecule has 0 aromatic heterocycles. The second-order valence-electron chi connectivity index (χ2n) is 5.69. The highest BCUT2D eigenvalue weighted by molar-refractivity contribution is 7.98. The maximum atomic E-state index is 12.3. The van der Waals surface area contributed by atoms with E-state index in [1.807, 2.05) is 25.6 Å². The zero-order valence-electron chi connectivity index (χ0n) is 13.7. The summed E-state index contributed by atoms with van der Waals surface area (Å²) in [5.74, 6) is 1.20. The Morgan fingerprint density at radius 1 is 1.19 bits per heavy atom. The van der Waals surface area contributed by atoms with Crippen LogP contribution in [0.25, 0.3) is 0 Å². The summed E-state index contributed by atoms with van der Waals surface area (Å²) in [5.41, 5.74) is 0. The molecule has 0 bridgehead atoms. The van der Waals surface area contributed by atoms with Crippen LogP contribution in [0.3, 0.4) is 0 Å². The van der Waals surface area contributed by atoms with E-state index in [2.05, 4.69) is 11.6 Å². The van der Waals surface area contributed by atoms with Gasteiger partial charge >= 0.3 is 0 Å². The second-order valence-corrected chi connectivity index (χ2v) is 6.68. The van der Waals surface area contributed by atoms with Crippen LogP contribution in [-0.4, -0.2) is 47.4 Å². The molecule has 1 rings (SSSR count). The molecule has 4 nitrogen and oxygen atoms in total. The summed E-state index contributed by atoms with van der Waals surface area (Å²) in [7, 11) is 0. The molecule has 1 heterocycles. The lowest BCUT2D eigenvalue weighted by Crippen LogP contribution is -2.43. The Morgan fingerprint density at radius 2 is 1.86 bits per heavy atom. The minimum atomic E-state index is -0.288. The first-order chi connectivity index (χ1) is 10.2. The van der Waals surface area contributed by atoms with Crippen molar-refractivity contribution in [2.75, 3.05) is 18.6 Å². The fourth-order valence-electron chi connectivity index (χ4n) is 2.85. The molecule has 1 saturated heterocycles. The number of unbranched alkanes of at least 4 members (excludes halogenated alkanes) is 3. The number of thioether (sulfide) groups is 1. The third kappa shape index (κ3) is 5.62. The number of nitrogens with one attached hydrogen (secondary N) is 1. The number of amides is 2. The van der Waals surface area contributed by atoms with Gasteiger partial charge in [0.05, 0.1) is 12.5 Å². The van der Waals surface area contributed by atoms with Crippen molar-refractivity contribution in [1.82, 2.24) is 10.2 Å². The van der Waals surface area contributed by atoms with Gasteiger partial charge in [0.1, 0.15) is 0 Å². The van der Waals surface area contributed by atoms with Crippen LogP contribution in [0.2, 0.25) is 0 Å². The SMILES string of the molecule is CCC(CC)N1C(=O)CC(NCCCCCCSC)C1=O. The first-order valence-corrected chi connectivity index (χ1v) is 9.63. The van der Waals surface area contributed by atoms with E-state index in [1.165, 1.54) is 29.9 Å². The van der Waals surface area contributed by atoms with Crippen LogP contribution < -0.4 is 5.32 Å². The zero-order valence-corrected chi connectivity index (χ0v) is 14.5. The maximum Gasteiger partial charge on any atom is 0.247 e. The van der Waals surface area contributed by atoms with Crippen molar-refractivity contribution in [3.63, 3.8) is 0 Å². The lowest BCUT2D eigenvalue weighted by molar-refractivity contribution is -0.141. The van der Waals surface area contributed by atoms with Crippen LogP contribution in [0.1, 0.15) is 58.8 Å². The summed E-state index contributed by atoms with van der Waals surface area (Å²) >= 11 is 1.89. The third-order valence-corrected chi connectivity index (χ3v) is 4.85. The van der Waals surface area contributed by atoms with Gasteiger partial charge in [-0.25, -0.2) is 0 Å². The third-order valence-electron chi connectivity index (χ3n) is 4.16. The second kappa shape index (κ2) is 10.2. The first-order valence-electron chi connectivity index (χ1n) is 8.23. The Hall–Kier alpha value is -0.550. The van der Waals surface area contributed by atoms with Gasteiger partial charge in [-0.05, 0) is 44.2 Å². The molecule has 21 heavy (non-hydrogen) atoms. The van der Waals surface area contributed by atoms with E-state index >= 15 is 0 Å². The average molecular weight is 314 g/mol. The topological polar surface area (TPSA) is 49.4 Å². The maximum absolute atomic E-state index is 12.3. The normalized spacial score (nSPS) is 19.0. The van der Waals surface area contributed by atoms with E-state index in [-0.39, 0.29) is 23.9 Å². The predicted octanol–water partition coefficient (Wildman–Crippen LogP) is 2.82. The van der Waals surface area contributed by atoms with Gasteiger partial charge in [0, 0.05) is 6.04 Å². The predicted molar refractivity (Wildman–Crippen MR) is 89.5 cm³/mol. The first kappa shape index (κ1) is 18.5. The van der Waals surface area contributed by atoms with Crippen LogP contribution in [0, 0.1) is 0 Å². The van der Waals surface area contributed by atoms with Gasteiger partial charge in [0.15, 0.2) is 0 Å². The highest BCUT2D eigenvalue weighted by Crippen LogP contribution is 2.20. The number of carbonyl (C=O) groups is 2. The molecule has 0 radical (unpaired) electrons. The largest absolute Gasteiger partial charge is 0.305 e. The van der Waals surface area contributed by atoms with Gasteiger partial charge in [0.2, 0.25) is 11.8 Å². The number of rotatable bonds is 11. The van der Waals surface area contributed by atoms with Crippen molar-refractivity contribution in [3.8, 4) is 0 Å². The van der Waals surface area contributed by atoms with E-state index in [0.29, 0.717) is 6.42 Å². The van der Waals surface area contributed by atoms with Gasteiger partial charge in [-0.1, -0.05) is 26.7 Å². The standard InChI is InChI=1S/C16H30N2O2S/c1-4-13(5-2)18-15(19)12-14(16(18)20)17-10-8-6-7-9-11-21-3/h13-14,17H,4-12H2,1-3H3. The molecule has 0 aliphatic carbocycles. The van der Waals surface area contributed by atoms with Crippen LogP contribution in [0.4, 0.5) is 0 Å². The Bertz CT molecular complexity index is 332. The molecule has 0 spiro atoms. The van der Waals surface area contributed by atoms with E-state index in [0.717, 1.165) is 25.8 Å². The number of hydrogen-bond acceptors (Lipinski definition) is 4. The molecule has 1 aliphatic rings. The van der Waals surface area contributed by atoms with E-state index < -0.39 is 0 Å². The van der Waals surface area contributed by atoms with Crippen molar-refractivity contribution < 1.29 is 9.59 Å². The number of hydrogen-bond donors (Lipinski definition) is 1. The molecular weight excluding hydrogens is 284 g/mol. The van der Waals surface area contributed by atoms with E-state index in [4.69, 9.17) is 0 Å². The van der Waals surface area contributed by atoms with Crippen molar-refractivity contribution in [2.45, 2.75) is 70.9 Å². The van der Waals surface area contributed by atoms with Gasteiger partial charge < -0.3 is 5.32 Å². The summed E-state index contributed by atoms with van der Waals surface area (Å²) in [6, 6.07) is -0.215. The summed E-state index contributed by atoms with van der Waals surface area (Å²) in [4.78, 5) is 25.8. The smallest absolute Gasteiger partial charge is 0.247 e. The van der Waals surface area contributed by atoms with Crippen LogP contribution in [-0.2, 0) is 9.59 Å². The summed E-state index contributed by atoms with van der Waals surface area (Å²) in [6.07, 6.45) is 8.95. The number of carbonyl (C=O) groups excluding carboxylic acids is 2. The number of nitrogens with zero attached hydrogens (tertiary/aromatic N) is 1. The highest BCUT2D eigenvalue weighted by Gasteiger charge is 2.40. The highest BCUT2D eigenvalue weighted by atomic mass is 32.2. The molecule has 0 saturated carbocycles. The lowest BCUT2D eigenvalue weighted by Gasteiger charge is -2.24. The molecule has 1 aliphatic heterocycles. The van der Waals surface area contributed by atoms with Gasteiger partial charge in [-0.15, -0.1) is 0 Å². The fourth-order valence-corrected chi connectivity index (χ4v) is 3.34. The molecule has 2 amide bonds. The Balaban J connectivity index is 2.28. The molecular formula is C16H30N2O2S. The molecule has 1 unspecified atom stereocenters. The lowest BCUT2D eigenvalue weighted by atomic mass is 10.1. The van der Waals surface area contributed by atoms with Crippen molar-refractivity contribution >= 4 is 23.6 Å². The van der Waals surface area contributed by atoms with Crippen LogP contribution in [0.5, 0.6) is 0 Å². The zero-order chi connectivity index (χ0) is 15.7. The number of likely N-dealkylation sites (tertiary alicyclic amines) is 1. The van der Waals surface area contributed by atoms with Crippen molar-refractivity contribution in [1.29, 1.82) is 0 Å². The van der Waals surface area contributed by atoms with Gasteiger partial charge in [0.25, 0.3) is 0 Å². The minimum absolute atomic E-state index is 0.00818. The van der Waals surface area contributed by atoms with Crippen molar-refractivity contribution in [3.05, 3.63) is 0 Å². The summed E-state index contributed by atoms with van der Waals surface area (Å²) in [5, 5.41) is 3.27. The Morgan fingerprint density at radius 3 is 2.48 bits per heavy atom. The molecule has 122 valence electrons. The van der Waals surface area contributed by atoms with E-state index in [1.54, 1.807) is 0 Å². The molecule has 1 N–H and O–H groups in total. The molecule has 0 aromatic carbocycles. The summed E-state index contributed by atoms with van der Waals surface area (Å²) in [6.45, 7) is 4.90. The fraction of sp³-hybridized carbons (Fsp3) is 0.875. The molecule has 1 atom stereocenters. The molecule has 1 fully saturated rings. The quantitative estimate of drug-likeness (QED) is 0.470. The molecule has 0 aromatic rings. The minimum Gasteiger partial charge on any atom is -0.305 e. The number of imide groups is 1. The van der Waals surface area contributed by atoms with Gasteiger partial charge in [-0.2, -0.15) is 11.8 Å². The van der Waals surface area contributed by atoms with Gasteiger partial charge in [-0.3, -0.25) is 14.5 Å². The molecule has 5 heteroatoms.